The van der Waals surface area contributed by atoms with Crippen molar-refractivity contribution in [1.29, 1.82) is 0 Å². The third-order valence-electron chi connectivity index (χ3n) is 4.24. The first kappa shape index (κ1) is 14.4. The Labute approximate surface area is 128 Å². The van der Waals surface area contributed by atoms with E-state index >= 15 is 0 Å². The average Bonchev–Trinajstić information content (AvgIpc) is 3.01. The fourth-order valence-electron chi connectivity index (χ4n) is 3.35. The zero-order valence-electron chi connectivity index (χ0n) is 12.4. The standard InChI is InChI=1S/C16H20N2O2S/c1-3-21-13-6-5-12(9-13)18-10(2)17-14-7-4-11(16(19)20)8-15(14)18/h4,7-8,12-13H,3,5-6,9H2,1-2H3,(H,19,20). The van der Waals surface area contributed by atoms with Crippen molar-refractivity contribution < 1.29 is 9.90 Å². The second-order valence-corrected chi connectivity index (χ2v) is 7.16. The maximum absolute atomic E-state index is 11.2. The van der Waals surface area contributed by atoms with E-state index in [0.29, 0.717) is 11.6 Å². The van der Waals surface area contributed by atoms with Gasteiger partial charge < -0.3 is 9.67 Å². The van der Waals surface area contributed by atoms with Crippen LogP contribution in [0.15, 0.2) is 18.2 Å². The molecule has 0 spiro atoms. The summed E-state index contributed by atoms with van der Waals surface area (Å²) in [6, 6.07) is 5.65. The third kappa shape index (κ3) is 2.67. The van der Waals surface area contributed by atoms with Crippen LogP contribution >= 0.6 is 11.8 Å². The maximum atomic E-state index is 11.2. The van der Waals surface area contributed by atoms with Crippen LogP contribution in [0.5, 0.6) is 0 Å². The minimum Gasteiger partial charge on any atom is -0.478 e. The van der Waals surface area contributed by atoms with Crippen molar-refractivity contribution in [3.8, 4) is 0 Å². The highest BCUT2D eigenvalue weighted by Gasteiger charge is 2.28. The number of hydrogen-bond acceptors (Lipinski definition) is 3. The number of aromatic nitrogens is 2. The van der Waals surface area contributed by atoms with Crippen LogP contribution in [-0.4, -0.2) is 31.6 Å². The number of carboxylic acids is 1. The van der Waals surface area contributed by atoms with Gasteiger partial charge in [-0.1, -0.05) is 6.92 Å². The minimum absolute atomic E-state index is 0.334. The summed E-state index contributed by atoms with van der Waals surface area (Å²) >= 11 is 2.03. The molecule has 0 bridgehead atoms. The molecule has 1 N–H and O–H groups in total. The van der Waals surface area contributed by atoms with Gasteiger partial charge in [0.2, 0.25) is 0 Å². The monoisotopic (exact) mass is 304 g/mol. The fourth-order valence-corrected chi connectivity index (χ4v) is 4.48. The highest BCUT2D eigenvalue weighted by Crippen LogP contribution is 2.39. The number of hydrogen-bond donors (Lipinski definition) is 1. The van der Waals surface area contributed by atoms with E-state index < -0.39 is 5.97 Å². The minimum atomic E-state index is -0.881. The van der Waals surface area contributed by atoms with Crippen LogP contribution in [-0.2, 0) is 0 Å². The molecule has 1 aromatic heterocycles. The van der Waals surface area contributed by atoms with E-state index in [9.17, 15) is 9.90 Å². The van der Waals surface area contributed by atoms with Gasteiger partial charge in [-0.25, -0.2) is 9.78 Å². The van der Waals surface area contributed by atoms with E-state index in [1.165, 1.54) is 6.42 Å². The molecule has 0 aliphatic heterocycles. The molecule has 1 saturated carbocycles. The molecule has 0 radical (unpaired) electrons. The van der Waals surface area contributed by atoms with Gasteiger partial charge in [-0.3, -0.25) is 0 Å². The van der Waals surface area contributed by atoms with Gasteiger partial charge in [0.15, 0.2) is 0 Å². The Morgan fingerprint density at radius 1 is 1.48 bits per heavy atom. The molecule has 0 saturated heterocycles. The van der Waals surface area contributed by atoms with Crippen LogP contribution in [0.1, 0.15) is 48.4 Å². The smallest absolute Gasteiger partial charge is 0.335 e. The Morgan fingerprint density at radius 2 is 2.29 bits per heavy atom. The molecule has 0 amide bonds. The van der Waals surface area contributed by atoms with Gasteiger partial charge in [-0.2, -0.15) is 11.8 Å². The van der Waals surface area contributed by atoms with Crippen molar-refractivity contribution >= 4 is 28.8 Å². The molecule has 1 aromatic carbocycles. The number of imidazole rings is 1. The number of benzene rings is 1. The molecule has 2 unspecified atom stereocenters. The molecule has 1 fully saturated rings. The molecule has 1 aliphatic carbocycles. The lowest BCUT2D eigenvalue weighted by Crippen LogP contribution is -2.08. The van der Waals surface area contributed by atoms with E-state index in [-0.39, 0.29) is 0 Å². The molecule has 3 rings (SSSR count). The number of thioether (sulfide) groups is 1. The number of rotatable bonds is 4. The first-order valence-corrected chi connectivity index (χ1v) is 8.48. The molecule has 21 heavy (non-hydrogen) atoms. The van der Waals surface area contributed by atoms with Crippen LogP contribution in [0.2, 0.25) is 0 Å². The van der Waals surface area contributed by atoms with Crippen molar-refractivity contribution in [2.45, 2.75) is 44.4 Å². The molecule has 2 aromatic rings. The van der Waals surface area contributed by atoms with Crippen LogP contribution in [0.3, 0.4) is 0 Å². The molecular formula is C16H20N2O2S. The molecular weight excluding hydrogens is 284 g/mol. The molecule has 4 nitrogen and oxygen atoms in total. The van der Waals surface area contributed by atoms with Gasteiger partial charge in [-0.15, -0.1) is 0 Å². The van der Waals surface area contributed by atoms with Crippen LogP contribution in [0, 0.1) is 6.92 Å². The Hall–Kier alpha value is -1.49. The number of fused-ring (bicyclic) bond motifs is 1. The van der Waals surface area contributed by atoms with E-state index in [0.717, 1.165) is 40.7 Å². The largest absolute Gasteiger partial charge is 0.478 e. The summed E-state index contributed by atoms with van der Waals surface area (Å²) in [6.07, 6.45) is 3.55. The summed E-state index contributed by atoms with van der Waals surface area (Å²) in [5.41, 5.74) is 2.18. The van der Waals surface area contributed by atoms with Crippen molar-refractivity contribution in [2.75, 3.05) is 5.75 Å². The molecule has 5 heteroatoms. The van der Waals surface area contributed by atoms with Crippen molar-refractivity contribution in [3.05, 3.63) is 29.6 Å². The van der Waals surface area contributed by atoms with Crippen molar-refractivity contribution in [3.63, 3.8) is 0 Å². The number of aryl methyl sites for hydroxylation is 1. The average molecular weight is 304 g/mol. The van der Waals surface area contributed by atoms with E-state index in [4.69, 9.17) is 0 Å². The van der Waals surface area contributed by atoms with Gasteiger partial charge in [0.1, 0.15) is 5.82 Å². The second-order valence-electron chi connectivity index (χ2n) is 5.58. The van der Waals surface area contributed by atoms with Gasteiger partial charge in [0, 0.05) is 11.3 Å². The van der Waals surface area contributed by atoms with Crippen LogP contribution in [0.4, 0.5) is 0 Å². The summed E-state index contributed by atoms with van der Waals surface area (Å²) in [5, 5.41) is 9.91. The first-order chi connectivity index (χ1) is 10.1. The Bertz CT molecular complexity index is 680. The molecule has 1 heterocycles. The van der Waals surface area contributed by atoms with Gasteiger partial charge >= 0.3 is 5.97 Å². The second kappa shape index (κ2) is 5.72. The van der Waals surface area contributed by atoms with E-state index in [1.54, 1.807) is 12.1 Å². The predicted octanol–water partition coefficient (Wildman–Crippen LogP) is 3.89. The molecule has 112 valence electrons. The summed E-state index contributed by atoms with van der Waals surface area (Å²) in [7, 11) is 0. The Morgan fingerprint density at radius 3 is 3.00 bits per heavy atom. The Balaban J connectivity index is 1.99. The summed E-state index contributed by atoms with van der Waals surface area (Å²) in [6.45, 7) is 4.22. The number of carboxylic acid groups (broad SMARTS) is 1. The zero-order chi connectivity index (χ0) is 15.0. The number of nitrogens with zero attached hydrogens (tertiary/aromatic N) is 2. The van der Waals surface area contributed by atoms with Crippen LogP contribution in [0.25, 0.3) is 11.0 Å². The highest BCUT2D eigenvalue weighted by atomic mass is 32.2. The summed E-state index contributed by atoms with van der Waals surface area (Å²) in [5.74, 6) is 1.26. The van der Waals surface area contributed by atoms with Crippen molar-refractivity contribution in [1.82, 2.24) is 9.55 Å². The van der Waals surface area contributed by atoms with Crippen molar-refractivity contribution in [2.24, 2.45) is 0 Å². The van der Waals surface area contributed by atoms with Crippen LogP contribution < -0.4 is 0 Å². The highest BCUT2D eigenvalue weighted by molar-refractivity contribution is 7.99. The van der Waals surface area contributed by atoms with E-state index in [2.05, 4.69) is 16.5 Å². The summed E-state index contributed by atoms with van der Waals surface area (Å²) < 4.78 is 2.25. The fraction of sp³-hybridized carbons (Fsp3) is 0.500. The van der Waals surface area contributed by atoms with E-state index in [1.807, 2.05) is 24.8 Å². The lowest BCUT2D eigenvalue weighted by Gasteiger charge is -2.16. The molecule has 2 atom stereocenters. The quantitative estimate of drug-likeness (QED) is 0.931. The third-order valence-corrected chi connectivity index (χ3v) is 5.47. The molecule has 1 aliphatic rings. The first-order valence-electron chi connectivity index (χ1n) is 7.43. The maximum Gasteiger partial charge on any atom is 0.335 e. The Kier molecular flexibility index (Phi) is 3.93. The summed E-state index contributed by atoms with van der Waals surface area (Å²) in [4.78, 5) is 15.8. The predicted molar refractivity (Wildman–Crippen MR) is 86.2 cm³/mol. The zero-order valence-corrected chi connectivity index (χ0v) is 13.2. The normalized spacial score (nSPS) is 22.0. The lowest BCUT2D eigenvalue weighted by molar-refractivity contribution is 0.0697. The lowest BCUT2D eigenvalue weighted by atomic mass is 10.2. The van der Waals surface area contributed by atoms with Gasteiger partial charge in [0.05, 0.1) is 16.6 Å². The van der Waals surface area contributed by atoms with Gasteiger partial charge in [-0.05, 0) is 50.1 Å². The number of aromatic carboxylic acids is 1. The topological polar surface area (TPSA) is 55.1 Å². The SMILES string of the molecule is CCSC1CCC(n2c(C)nc3ccc(C(=O)O)cc32)C1. The van der Waals surface area contributed by atoms with Gasteiger partial charge in [0.25, 0.3) is 0 Å². The number of carbonyl (C=O) groups is 1.